The molecule has 0 unspecified atom stereocenters. The Morgan fingerprint density at radius 3 is 2.86 bits per heavy atom. The molecule has 0 aliphatic heterocycles. The Morgan fingerprint density at radius 1 is 1.43 bits per heavy atom. The number of rotatable bonds is 5. The molecule has 21 heavy (non-hydrogen) atoms. The van der Waals surface area contributed by atoms with Crippen molar-refractivity contribution in [1.29, 1.82) is 0 Å². The second-order valence-electron chi connectivity index (χ2n) is 4.55. The van der Waals surface area contributed by atoms with Crippen LogP contribution in [0.4, 0.5) is 4.39 Å². The van der Waals surface area contributed by atoms with Crippen LogP contribution in [0.1, 0.15) is 28.5 Å². The molecule has 1 heterocycles. The lowest BCUT2D eigenvalue weighted by Crippen LogP contribution is -2.11. The summed E-state index contributed by atoms with van der Waals surface area (Å²) in [4.78, 5) is 11.8. The maximum Gasteiger partial charge on any atom is 0.341 e. The van der Waals surface area contributed by atoms with Crippen LogP contribution in [-0.4, -0.2) is 22.4 Å². The molecular weight excluding hydrogens is 275 g/mol. The lowest BCUT2D eigenvalue weighted by Gasteiger charge is -2.09. The fraction of sp³-hybridized carbons (Fsp3) is 0.333. The van der Waals surface area contributed by atoms with Crippen molar-refractivity contribution < 1.29 is 18.7 Å². The normalized spacial score (nSPS) is 10.5. The third-order valence-corrected chi connectivity index (χ3v) is 3.06. The molecule has 0 fully saturated rings. The molecular formula is C15H17FN2O3. The van der Waals surface area contributed by atoms with Crippen LogP contribution >= 0.6 is 0 Å². The Balaban J connectivity index is 2.14. The zero-order valence-corrected chi connectivity index (χ0v) is 12.2. The molecule has 0 atom stereocenters. The van der Waals surface area contributed by atoms with E-state index in [2.05, 4.69) is 5.10 Å². The van der Waals surface area contributed by atoms with Crippen molar-refractivity contribution in [2.24, 2.45) is 7.05 Å². The first kappa shape index (κ1) is 15.0. The Morgan fingerprint density at radius 2 is 2.19 bits per heavy atom. The monoisotopic (exact) mass is 292 g/mol. The maximum atomic E-state index is 13.2. The van der Waals surface area contributed by atoms with Crippen LogP contribution in [0.5, 0.6) is 5.75 Å². The summed E-state index contributed by atoms with van der Waals surface area (Å²) in [6.45, 7) is 3.85. The van der Waals surface area contributed by atoms with Crippen molar-refractivity contribution in [3.63, 3.8) is 0 Å². The highest BCUT2D eigenvalue weighted by atomic mass is 19.1. The molecule has 0 aliphatic carbocycles. The van der Waals surface area contributed by atoms with E-state index in [0.717, 1.165) is 0 Å². The summed E-state index contributed by atoms with van der Waals surface area (Å²) in [6.07, 6.45) is 1.45. The van der Waals surface area contributed by atoms with Gasteiger partial charge in [0.2, 0.25) is 0 Å². The standard InChI is InChI=1S/C15H17FN2O3/c1-4-20-15(19)12-8-17-18(3)14(12)9-21-11-5-6-13(16)10(2)7-11/h5-8H,4,9H2,1-3H3. The van der Waals surface area contributed by atoms with Crippen LogP contribution < -0.4 is 4.74 Å². The summed E-state index contributed by atoms with van der Waals surface area (Å²) < 4.78 is 25.3. The number of halogens is 1. The molecule has 0 spiro atoms. The smallest absolute Gasteiger partial charge is 0.341 e. The molecule has 6 heteroatoms. The second-order valence-corrected chi connectivity index (χ2v) is 4.55. The minimum Gasteiger partial charge on any atom is -0.487 e. The van der Waals surface area contributed by atoms with Crippen LogP contribution in [0.15, 0.2) is 24.4 Å². The van der Waals surface area contributed by atoms with E-state index in [-0.39, 0.29) is 12.4 Å². The van der Waals surface area contributed by atoms with Gasteiger partial charge in [-0.3, -0.25) is 4.68 Å². The van der Waals surface area contributed by atoms with Crippen molar-refractivity contribution in [2.45, 2.75) is 20.5 Å². The van der Waals surface area contributed by atoms with Crippen molar-refractivity contribution in [2.75, 3.05) is 6.61 Å². The molecule has 0 radical (unpaired) electrons. The van der Waals surface area contributed by atoms with Gasteiger partial charge in [0.15, 0.2) is 0 Å². The predicted molar refractivity (Wildman–Crippen MR) is 74.6 cm³/mol. The molecule has 1 aromatic carbocycles. The van der Waals surface area contributed by atoms with E-state index in [4.69, 9.17) is 9.47 Å². The number of aromatic nitrogens is 2. The Kier molecular flexibility index (Phi) is 4.57. The molecule has 0 aliphatic rings. The van der Waals surface area contributed by atoms with Crippen molar-refractivity contribution in [3.05, 3.63) is 47.0 Å². The third kappa shape index (κ3) is 3.39. The fourth-order valence-corrected chi connectivity index (χ4v) is 1.87. The van der Waals surface area contributed by atoms with Crippen molar-refractivity contribution in [3.8, 4) is 5.75 Å². The van der Waals surface area contributed by atoms with Gasteiger partial charge >= 0.3 is 5.97 Å². The molecule has 2 rings (SSSR count). The predicted octanol–water partition coefficient (Wildman–Crippen LogP) is 2.62. The third-order valence-electron chi connectivity index (χ3n) is 3.06. The Labute approximate surface area is 122 Å². The van der Waals surface area contributed by atoms with Gasteiger partial charge in [-0.25, -0.2) is 9.18 Å². The number of nitrogens with zero attached hydrogens (tertiary/aromatic N) is 2. The summed E-state index contributed by atoms with van der Waals surface area (Å²) in [5, 5.41) is 4.04. The van der Waals surface area contributed by atoms with E-state index < -0.39 is 5.97 Å². The lowest BCUT2D eigenvalue weighted by atomic mass is 10.2. The Hall–Kier alpha value is -2.37. The van der Waals surface area contributed by atoms with Crippen LogP contribution in [0.3, 0.4) is 0 Å². The minimum atomic E-state index is -0.431. The van der Waals surface area contributed by atoms with Gasteiger partial charge in [0.05, 0.1) is 18.5 Å². The summed E-state index contributed by atoms with van der Waals surface area (Å²) in [7, 11) is 1.72. The zero-order chi connectivity index (χ0) is 15.4. The molecule has 112 valence electrons. The van der Waals surface area contributed by atoms with Crippen LogP contribution in [0.25, 0.3) is 0 Å². The van der Waals surface area contributed by atoms with Crippen LogP contribution in [-0.2, 0) is 18.4 Å². The van der Waals surface area contributed by atoms with Gasteiger partial charge in [-0.2, -0.15) is 5.10 Å². The van der Waals surface area contributed by atoms with E-state index in [1.165, 1.54) is 12.3 Å². The number of esters is 1. The lowest BCUT2D eigenvalue weighted by molar-refractivity contribution is 0.0523. The fourth-order valence-electron chi connectivity index (χ4n) is 1.87. The van der Waals surface area contributed by atoms with Crippen molar-refractivity contribution >= 4 is 5.97 Å². The quantitative estimate of drug-likeness (QED) is 0.795. The number of hydrogen-bond acceptors (Lipinski definition) is 4. The van der Waals surface area contributed by atoms with Gasteiger partial charge in [-0.05, 0) is 37.6 Å². The van der Waals surface area contributed by atoms with Gasteiger partial charge in [-0.15, -0.1) is 0 Å². The van der Waals surface area contributed by atoms with E-state index in [1.807, 2.05) is 0 Å². The van der Waals surface area contributed by atoms with Gasteiger partial charge in [0.1, 0.15) is 23.7 Å². The highest BCUT2D eigenvalue weighted by Crippen LogP contribution is 2.18. The second kappa shape index (κ2) is 6.39. The van der Waals surface area contributed by atoms with Crippen LogP contribution in [0.2, 0.25) is 0 Å². The van der Waals surface area contributed by atoms with Gasteiger partial charge in [0, 0.05) is 7.05 Å². The number of benzene rings is 1. The molecule has 0 saturated carbocycles. The number of ether oxygens (including phenoxy) is 2. The Bertz CT molecular complexity index is 652. The van der Waals surface area contributed by atoms with E-state index in [0.29, 0.717) is 29.2 Å². The molecule has 5 nitrogen and oxygen atoms in total. The number of hydrogen-bond donors (Lipinski definition) is 0. The van der Waals surface area contributed by atoms with Gasteiger partial charge in [-0.1, -0.05) is 0 Å². The minimum absolute atomic E-state index is 0.149. The van der Waals surface area contributed by atoms with Gasteiger partial charge in [0.25, 0.3) is 0 Å². The number of aryl methyl sites for hydroxylation is 2. The average molecular weight is 292 g/mol. The van der Waals surface area contributed by atoms with E-state index in [1.54, 1.807) is 37.7 Å². The molecule has 0 N–H and O–H groups in total. The molecule has 0 saturated heterocycles. The molecule has 1 aromatic heterocycles. The summed E-state index contributed by atoms with van der Waals surface area (Å²) in [5.41, 5.74) is 1.48. The van der Waals surface area contributed by atoms with Crippen molar-refractivity contribution in [1.82, 2.24) is 9.78 Å². The molecule has 0 amide bonds. The first-order valence-corrected chi connectivity index (χ1v) is 6.60. The molecule has 0 bridgehead atoms. The summed E-state index contributed by atoms with van der Waals surface area (Å²) in [6, 6.07) is 4.50. The SMILES string of the molecule is CCOC(=O)c1cnn(C)c1COc1ccc(F)c(C)c1. The summed E-state index contributed by atoms with van der Waals surface area (Å²) in [5.74, 6) is -0.181. The molecule has 2 aromatic rings. The first-order chi connectivity index (χ1) is 10.0. The van der Waals surface area contributed by atoms with E-state index in [9.17, 15) is 9.18 Å². The largest absolute Gasteiger partial charge is 0.487 e. The number of carbonyl (C=O) groups is 1. The highest BCUT2D eigenvalue weighted by Gasteiger charge is 2.17. The highest BCUT2D eigenvalue weighted by molar-refractivity contribution is 5.90. The first-order valence-electron chi connectivity index (χ1n) is 6.60. The van der Waals surface area contributed by atoms with E-state index >= 15 is 0 Å². The number of carbonyl (C=O) groups excluding carboxylic acids is 1. The summed E-state index contributed by atoms with van der Waals surface area (Å²) >= 11 is 0. The maximum absolute atomic E-state index is 13.2. The van der Waals surface area contributed by atoms with Gasteiger partial charge < -0.3 is 9.47 Å². The zero-order valence-electron chi connectivity index (χ0n) is 12.2. The topological polar surface area (TPSA) is 53.3 Å². The average Bonchev–Trinajstić information content (AvgIpc) is 2.82. The van der Waals surface area contributed by atoms with Crippen LogP contribution in [0, 0.1) is 12.7 Å².